The molecule has 0 bridgehead atoms. The van der Waals surface area contributed by atoms with Crippen LogP contribution < -0.4 is 10.2 Å². The first kappa shape index (κ1) is 17.4. The van der Waals surface area contributed by atoms with Gasteiger partial charge in [0, 0.05) is 23.2 Å². The lowest BCUT2D eigenvalue weighted by Gasteiger charge is -2.17. The quantitative estimate of drug-likeness (QED) is 0.640. The van der Waals surface area contributed by atoms with Gasteiger partial charge < -0.3 is 10.2 Å². The van der Waals surface area contributed by atoms with Crippen LogP contribution in [0.15, 0.2) is 29.0 Å². The van der Waals surface area contributed by atoms with Crippen molar-refractivity contribution in [2.45, 2.75) is 26.7 Å². The number of fused-ring (bicyclic) bond motifs is 1. The van der Waals surface area contributed by atoms with Crippen molar-refractivity contribution in [2.24, 2.45) is 0 Å². The van der Waals surface area contributed by atoms with Crippen molar-refractivity contribution in [3.8, 4) is 0 Å². The Labute approximate surface area is 164 Å². The smallest absolute Gasteiger partial charge is 0.266 e. The topological polar surface area (TPSA) is 58.1 Å². The van der Waals surface area contributed by atoms with Gasteiger partial charge in [-0.3, -0.25) is 4.79 Å². The second-order valence-electron chi connectivity index (χ2n) is 6.55. The highest BCUT2D eigenvalue weighted by molar-refractivity contribution is 9.10. The standard InChI is InChI=1S/C19H19BrN4OS/c1-11-9-13(5-6-14(11)20)23-18(25)16-12(2)15-17(24-7-3-4-8-24)21-10-22-19(15)26-16/h5-6,9-10H,3-4,7-8H2,1-2H3,(H,23,25). The Bertz CT molecular complexity index is 995. The largest absolute Gasteiger partial charge is 0.356 e. The minimum Gasteiger partial charge on any atom is -0.356 e. The van der Waals surface area contributed by atoms with E-state index in [1.807, 2.05) is 32.0 Å². The molecule has 1 aromatic carbocycles. The van der Waals surface area contributed by atoms with Gasteiger partial charge in [-0.05, 0) is 56.0 Å². The third-order valence-electron chi connectivity index (χ3n) is 4.73. The van der Waals surface area contributed by atoms with Gasteiger partial charge in [-0.25, -0.2) is 9.97 Å². The average Bonchev–Trinajstić information content (AvgIpc) is 3.26. The lowest BCUT2D eigenvalue weighted by molar-refractivity contribution is 0.103. The summed E-state index contributed by atoms with van der Waals surface area (Å²) in [4.78, 5) is 25.6. The van der Waals surface area contributed by atoms with Crippen LogP contribution in [0.1, 0.15) is 33.6 Å². The van der Waals surface area contributed by atoms with Crippen LogP contribution in [0.25, 0.3) is 10.2 Å². The van der Waals surface area contributed by atoms with Crippen molar-refractivity contribution in [1.29, 1.82) is 0 Å². The number of benzene rings is 1. The van der Waals surface area contributed by atoms with Crippen molar-refractivity contribution in [2.75, 3.05) is 23.3 Å². The molecule has 1 fully saturated rings. The van der Waals surface area contributed by atoms with E-state index in [0.717, 1.165) is 50.4 Å². The first-order valence-corrected chi connectivity index (χ1v) is 10.2. The van der Waals surface area contributed by atoms with E-state index in [4.69, 9.17) is 0 Å². The molecular formula is C19H19BrN4OS. The molecule has 0 saturated carbocycles. The monoisotopic (exact) mass is 430 g/mol. The zero-order valence-electron chi connectivity index (χ0n) is 14.7. The maximum Gasteiger partial charge on any atom is 0.266 e. The second kappa shape index (κ2) is 6.96. The van der Waals surface area contributed by atoms with Crippen LogP contribution in [0.3, 0.4) is 0 Å². The van der Waals surface area contributed by atoms with Crippen LogP contribution in [0.2, 0.25) is 0 Å². The highest BCUT2D eigenvalue weighted by Gasteiger charge is 2.23. The number of aryl methyl sites for hydroxylation is 2. The van der Waals surface area contributed by atoms with Gasteiger partial charge in [0.25, 0.3) is 5.91 Å². The molecule has 0 atom stereocenters. The third kappa shape index (κ3) is 3.10. The predicted octanol–water partition coefficient (Wildman–Crippen LogP) is 4.92. The molecule has 1 N–H and O–H groups in total. The molecule has 0 aliphatic carbocycles. The molecule has 0 radical (unpaired) electrons. The maximum absolute atomic E-state index is 12.9. The Morgan fingerprint density at radius 2 is 2.00 bits per heavy atom. The summed E-state index contributed by atoms with van der Waals surface area (Å²) in [5.74, 6) is 0.861. The Balaban J connectivity index is 1.70. The minimum absolute atomic E-state index is 0.0976. The fourth-order valence-electron chi connectivity index (χ4n) is 3.35. The Hall–Kier alpha value is -1.99. The van der Waals surface area contributed by atoms with Crippen LogP contribution >= 0.6 is 27.3 Å². The van der Waals surface area contributed by atoms with E-state index in [0.29, 0.717) is 4.88 Å². The van der Waals surface area contributed by atoms with Crippen molar-refractivity contribution < 1.29 is 4.79 Å². The van der Waals surface area contributed by atoms with Gasteiger partial charge in [0.15, 0.2) is 0 Å². The molecule has 5 nitrogen and oxygen atoms in total. The molecule has 0 unspecified atom stereocenters. The number of thiophene rings is 1. The Morgan fingerprint density at radius 3 is 2.73 bits per heavy atom. The van der Waals surface area contributed by atoms with Gasteiger partial charge in [0.2, 0.25) is 0 Å². The Morgan fingerprint density at radius 1 is 1.23 bits per heavy atom. The number of amides is 1. The number of hydrogen-bond donors (Lipinski definition) is 1. The summed E-state index contributed by atoms with van der Waals surface area (Å²) < 4.78 is 1.03. The van der Waals surface area contributed by atoms with Gasteiger partial charge >= 0.3 is 0 Å². The van der Waals surface area contributed by atoms with Crippen molar-refractivity contribution >= 4 is 54.9 Å². The molecule has 3 heterocycles. The van der Waals surface area contributed by atoms with E-state index in [-0.39, 0.29) is 5.91 Å². The summed E-state index contributed by atoms with van der Waals surface area (Å²) in [6, 6.07) is 5.80. The number of nitrogens with zero attached hydrogens (tertiary/aromatic N) is 3. The number of hydrogen-bond acceptors (Lipinski definition) is 5. The van der Waals surface area contributed by atoms with Gasteiger partial charge in [-0.1, -0.05) is 15.9 Å². The zero-order valence-corrected chi connectivity index (χ0v) is 17.1. The number of halogens is 1. The molecular weight excluding hydrogens is 412 g/mol. The van der Waals surface area contributed by atoms with Crippen molar-refractivity contribution in [3.63, 3.8) is 0 Å². The second-order valence-corrected chi connectivity index (χ2v) is 8.40. The lowest BCUT2D eigenvalue weighted by Crippen LogP contribution is -2.19. The van der Waals surface area contributed by atoms with Crippen LogP contribution in [0.4, 0.5) is 11.5 Å². The summed E-state index contributed by atoms with van der Waals surface area (Å²) in [6.07, 6.45) is 3.97. The number of carbonyl (C=O) groups excluding carboxylic acids is 1. The zero-order chi connectivity index (χ0) is 18.3. The van der Waals surface area contributed by atoms with E-state index >= 15 is 0 Å². The fourth-order valence-corrected chi connectivity index (χ4v) is 4.63. The molecule has 1 saturated heterocycles. The molecule has 4 rings (SSSR count). The molecule has 2 aromatic heterocycles. The average molecular weight is 431 g/mol. The van der Waals surface area contributed by atoms with Crippen molar-refractivity contribution in [3.05, 3.63) is 45.0 Å². The SMILES string of the molecule is Cc1cc(NC(=O)c2sc3ncnc(N4CCCC4)c3c2C)ccc1Br. The van der Waals surface area contributed by atoms with Gasteiger partial charge in [-0.2, -0.15) is 0 Å². The van der Waals surface area contributed by atoms with Gasteiger partial charge in [0.1, 0.15) is 17.0 Å². The first-order chi connectivity index (χ1) is 12.5. The molecule has 0 spiro atoms. The Kier molecular flexibility index (Phi) is 4.67. The normalized spacial score (nSPS) is 14.2. The van der Waals surface area contributed by atoms with Crippen LogP contribution in [0, 0.1) is 13.8 Å². The number of anilines is 2. The van der Waals surface area contributed by atoms with Crippen LogP contribution in [-0.2, 0) is 0 Å². The molecule has 7 heteroatoms. The predicted molar refractivity (Wildman–Crippen MR) is 110 cm³/mol. The summed E-state index contributed by atoms with van der Waals surface area (Å²) in [5, 5.41) is 4.02. The summed E-state index contributed by atoms with van der Waals surface area (Å²) in [6.45, 7) is 6.02. The summed E-state index contributed by atoms with van der Waals surface area (Å²) >= 11 is 4.92. The molecule has 1 amide bonds. The molecule has 1 aliphatic rings. The molecule has 3 aromatic rings. The minimum atomic E-state index is -0.0976. The van der Waals surface area contributed by atoms with E-state index in [1.54, 1.807) is 6.33 Å². The number of carbonyl (C=O) groups is 1. The highest BCUT2D eigenvalue weighted by Crippen LogP contribution is 2.36. The third-order valence-corrected chi connectivity index (χ3v) is 6.82. The summed E-state index contributed by atoms with van der Waals surface area (Å²) in [7, 11) is 0. The van der Waals surface area contributed by atoms with E-state index in [9.17, 15) is 4.79 Å². The summed E-state index contributed by atoms with van der Waals surface area (Å²) in [5.41, 5.74) is 2.83. The van der Waals surface area contributed by atoms with Gasteiger partial charge in [0.05, 0.1) is 10.3 Å². The van der Waals surface area contributed by atoms with E-state index in [1.165, 1.54) is 24.2 Å². The molecule has 134 valence electrons. The van der Waals surface area contributed by atoms with Gasteiger partial charge in [-0.15, -0.1) is 11.3 Å². The maximum atomic E-state index is 12.9. The molecule has 1 aliphatic heterocycles. The fraction of sp³-hybridized carbons (Fsp3) is 0.316. The number of aromatic nitrogens is 2. The van der Waals surface area contributed by atoms with Crippen LogP contribution in [0.5, 0.6) is 0 Å². The number of rotatable bonds is 3. The van der Waals surface area contributed by atoms with Crippen LogP contribution in [-0.4, -0.2) is 29.0 Å². The number of nitrogens with one attached hydrogen (secondary N) is 1. The lowest BCUT2D eigenvalue weighted by atomic mass is 10.1. The van der Waals surface area contributed by atoms with E-state index in [2.05, 4.69) is 36.1 Å². The first-order valence-electron chi connectivity index (χ1n) is 8.61. The van der Waals surface area contributed by atoms with E-state index < -0.39 is 0 Å². The van der Waals surface area contributed by atoms with Crippen molar-refractivity contribution in [1.82, 2.24) is 9.97 Å². The molecule has 26 heavy (non-hydrogen) atoms. The highest BCUT2D eigenvalue weighted by atomic mass is 79.9.